The van der Waals surface area contributed by atoms with Crippen LogP contribution in [-0.4, -0.2) is 23.9 Å². The van der Waals surface area contributed by atoms with Gasteiger partial charge in [-0.15, -0.1) is 0 Å². The number of aryl methyl sites for hydroxylation is 1. The lowest BCUT2D eigenvalue weighted by molar-refractivity contribution is -0.0330. The Hall–Kier alpha value is -0.380. The van der Waals surface area contributed by atoms with Crippen LogP contribution in [0.5, 0.6) is 0 Å². The minimum Gasteiger partial charge on any atom is -0.389 e. The number of hydrogen-bond donors (Lipinski definition) is 1. The average Bonchev–Trinajstić information content (AvgIpc) is 2.84. The van der Waals surface area contributed by atoms with Crippen molar-refractivity contribution in [1.82, 2.24) is 0 Å². The normalized spacial score (nSPS) is 32.5. The van der Waals surface area contributed by atoms with Crippen LogP contribution in [0.3, 0.4) is 0 Å². The molecule has 1 aromatic carbocycles. The highest BCUT2D eigenvalue weighted by molar-refractivity contribution is 9.10. The lowest BCUT2D eigenvalue weighted by Gasteiger charge is -2.37. The van der Waals surface area contributed by atoms with Gasteiger partial charge in [-0.05, 0) is 42.5 Å². The molecular weight excluding hydrogens is 280 g/mol. The maximum atomic E-state index is 10.8. The van der Waals surface area contributed by atoms with E-state index in [1.165, 1.54) is 11.1 Å². The highest BCUT2D eigenvalue weighted by Gasteiger charge is 2.41. The average molecular weight is 297 g/mol. The fourth-order valence-corrected chi connectivity index (χ4v) is 3.48. The number of rotatable bonds is 1. The SMILES string of the molecule is OC1(C2CCOC2)CCc2cc(Br)ccc2C1. The molecule has 1 aromatic rings. The molecule has 0 amide bonds. The summed E-state index contributed by atoms with van der Waals surface area (Å²) in [6, 6.07) is 6.38. The first kappa shape index (κ1) is 11.7. The Morgan fingerprint density at radius 2 is 2.24 bits per heavy atom. The van der Waals surface area contributed by atoms with E-state index in [0.717, 1.165) is 43.4 Å². The molecule has 2 unspecified atom stereocenters. The monoisotopic (exact) mass is 296 g/mol. The second kappa shape index (κ2) is 4.38. The quantitative estimate of drug-likeness (QED) is 0.863. The molecular formula is C14H17BrO2. The number of ether oxygens (including phenoxy) is 1. The molecule has 0 bridgehead atoms. The van der Waals surface area contributed by atoms with Gasteiger partial charge in [-0.1, -0.05) is 22.0 Å². The van der Waals surface area contributed by atoms with Crippen LogP contribution in [0.15, 0.2) is 22.7 Å². The Morgan fingerprint density at radius 1 is 1.35 bits per heavy atom. The van der Waals surface area contributed by atoms with Gasteiger partial charge in [0.25, 0.3) is 0 Å². The van der Waals surface area contributed by atoms with E-state index in [-0.39, 0.29) is 0 Å². The van der Waals surface area contributed by atoms with Crippen LogP contribution in [-0.2, 0) is 17.6 Å². The van der Waals surface area contributed by atoms with Crippen molar-refractivity contribution in [1.29, 1.82) is 0 Å². The van der Waals surface area contributed by atoms with Gasteiger partial charge in [-0.3, -0.25) is 0 Å². The minimum atomic E-state index is -0.544. The van der Waals surface area contributed by atoms with E-state index in [1.54, 1.807) is 0 Å². The summed E-state index contributed by atoms with van der Waals surface area (Å²) in [6.45, 7) is 1.53. The second-order valence-electron chi connectivity index (χ2n) is 5.25. The lowest BCUT2D eigenvalue weighted by Crippen LogP contribution is -2.43. The van der Waals surface area contributed by atoms with Gasteiger partial charge in [-0.2, -0.15) is 0 Å². The summed E-state index contributed by atoms with van der Waals surface area (Å²) in [5, 5.41) is 10.8. The zero-order valence-electron chi connectivity index (χ0n) is 9.79. The lowest BCUT2D eigenvalue weighted by atomic mass is 9.73. The molecule has 1 aliphatic carbocycles. The van der Waals surface area contributed by atoms with Gasteiger partial charge in [-0.25, -0.2) is 0 Å². The van der Waals surface area contributed by atoms with E-state index in [0.29, 0.717) is 5.92 Å². The minimum absolute atomic E-state index is 0.319. The highest BCUT2D eigenvalue weighted by atomic mass is 79.9. The molecule has 1 N–H and O–H groups in total. The topological polar surface area (TPSA) is 29.5 Å². The molecule has 1 aliphatic heterocycles. The van der Waals surface area contributed by atoms with Gasteiger partial charge in [0.05, 0.1) is 12.2 Å². The summed E-state index contributed by atoms with van der Waals surface area (Å²) in [5.74, 6) is 0.319. The first-order valence-electron chi connectivity index (χ1n) is 6.25. The van der Waals surface area contributed by atoms with Crippen molar-refractivity contribution < 1.29 is 9.84 Å². The van der Waals surface area contributed by atoms with Crippen LogP contribution in [0, 0.1) is 5.92 Å². The Labute approximate surface area is 110 Å². The molecule has 2 nitrogen and oxygen atoms in total. The van der Waals surface area contributed by atoms with Crippen LogP contribution in [0.4, 0.5) is 0 Å². The zero-order valence-corrected chi connectivity index (χ0v) is 11.4. The van der Waals surface area contributed by atoms with Crippen LogP contribution in [0.1, 0.15) is 24.0 Å². The number of benzene rings is 1. The fraction of sp³-hybridized carbons (Fsp3) is 0.571. The van der Waals surface area contributed by atoms with Crippen molar-refractivity contribution in [2.24, 2.45) is 5.92 Å². The van der Waals surface area contributed by atoms with E-state index < -0.39 is 5.60 Å². The summed E-state index contributed by atoms with van der Waals surface area (Å²) < 4.78 is 6.55. The number of fused-ring (bicyclic) bond motifs is 1. The highest BCUT2D eigenvalue weighted by Crippen LogP contribution is 2.38. The Bertz CT molecular complexity index is 426. The van der Waals surface area contributed by atoms with Gasteiger partial charge in [0.2, 0.25) is 0 Å². The zero-order chi connectivity index (χ0) is 11.9. The van der Waals surface area contributed by atoms with Crippen molar-refractivity contribution in [2.75, 3.05) is 13.2 Å². The Kier molecular flexibility index (Phi) is 3.01. The van der Waals surface area contributed by atoms with Crippen LogP contribution >= 0.6 is 15.9 Å². The van der Waals surface area contributed by atoms with E-state index >= 15 is 0 Å². The predicted molar refractivity (Wildman–Crippen MR) is 70.0 cm³/mol. The van der Waals surface area contributed by atoms with E-state index in [1.807, 2.05) is 0 Å². The molecule has 17 heavy (non-hydrogen) atoms. The first-order chi connectivity index (χ1) is 8.17. The molecule has 1 fully saturated rings. The van der Waals surface area contributed by atoms with Crippen LogP contribution in [0.25, 0.3) is 0 Å². The van der Waals surface area contributed by atoms with Crippen molar-refractivity contribution in [3.63, 3.8) is 0 Å². The molecule has 0 radical (unpaired) electrons. The molecule has 3 rings (SSSR count). The molecule has 3 heteroatoms. The maximum absolute atomic E-state index is 10.8. The Balaban J connectivity index is 1.86. The van der Waals surface area contributed by atoms with Crippen LogP contribution in [0.2, 0.25) is 0 Å². The maximum Gasteiger partial charge on any atom is 0.0742 e. The summed E-state index contributed by atoms with van der Waals surface area (Å²) in [6.07, 6.45) is 3.62. The molecule has 0 saturated carbocycles. The van der Waals surface area contributed by atoms with Gasteiger partial charge in [0, 0.05) is 23.4 Å². The molecule has 0 spiro atoms. The first-order valence-corrected chi connectivity index (χ1v) is 7.04. The van der Waals surface area contributed by atoms with Gasteiger partial charge in [0.1, 0.15) is 0 Å². The molecule has 92 valence electrons. The molecule has 2 atom stereocenters. The third kappa shape index (κ3) is 2.16. The summed E-state index contributed by atoms with van der Waals surface area (Å²) in [5.41, 5.74) is 2.13. The standard InChI is InChI=1S/C14H17BrO2/c15-13-2-1-11-8-14(16,5-3-10(11)7-13)12-4-6-17-9-12/h1-2,7,12,16H,3-6,8-9H2. The van der Waals surface area contributed by atoms with Crippen molar-refractivity contribution >= 4 is 15.9 Å². The Morgan fingerprint density at radius 3 is 3.00 bits per heavy atom. The fourth-order valence-electron chi connectivity index (χ4n) is 3.08. The molecule has 1 heterocycles. The van der Waals surface area contributed by atoms with Crippen molar-refractivity contribution in [3.8, 4) is 0 Å². The third-order valence-corrected chi connectivity index (χ3v) is 4.67. The number of aliphatic hydroxyl groups is 1. The second-order valence-corrected chi connectivity index (χ2v) is 6.17. The molecule has 2 aliphatic rings. The largest absolute Gasteiger partial charge is 0.389 e. The van der Waals surface area contributed by atoms with Crippen molar-refractivity contribution in [3.05, 3.63) is 33.8 Å². The van der Waals surface area contributed by atoms with Crippen molar-refractivity contribution in [2.45, 2.75) is 31.3 Å². The molecule has 1 saturated heterocycles. The number of hydrogen-bond acceptors (Lipinski definition) is 2. The summed E-state index contributed by atoms with van der Waals surface area (Å²) in [7, 11) is 0. The third-order valence-electron chi connectivity index (χ3n) is 4.18. The van der Waals surface area contributed by atoms with Gasteiger partial charge < -0.3 is 9.84 Å². The van der Waals surface area contributed by atoms with Gasteiger partial charge >= 0.3 is 0 Å². The van der Waals surface area contributed by atoms with E-state index in [2.05, 4.69) is 34.1 Å². The number of halogens is 1. The van der Waals surface area contributed by atoms with Crippen LogP contribution < -0.4 is 0 Å². The summed E-state index contributed by atoms with van der Waals surface area (Å²) >= 11 is 3.50. The molecule has 0 aromatic heterocycles. The summed E-state index contributed by atoms with van der Waals surface area (Å²) in [4.78, 5) is 0. The van der Waals surface area contributed by atoms with Gasteiger partial charge in [0.15, 0.2) is 0 Å². The van der Waals surface area contributed by atoms with E-state index in [4.69, 9.17) is 4.74 Å². The predicted octanol–water partition coefficient (Wildman–Crippen LogP) is 2.71. The smallest absolute Gasteiger partial charge is 0.0742 e. The van der Waals surface area contributed by atoms with E-state index in [9.17, 15) is 5.11 Å².